The van der Waals surface area contributed by atoms with Gasteiger partial charge >= 0.3 is 0 Å². The van der Waals surface area contributed by atoms with Crippen molar-refractivity contribution in [3.63, 3.8) is 0 Å². The summed E-state index contributed by atoms with van der Waals surface area (Å²) in [6.07, 6.45) is 0. The molecular formula is C29H29NO4. The molecule has 5 heteroatoms. The highest BCUT2D eigenvalue weighted by atomic mass is 16.5. The molecule has 34 heavy (non-hydrogen) atoms. The van der Waals surface area contributed by atoms with E-state index in [1.165, 1.54) is 0 Å². The van der Waals surface area contributed by atoms with Gasteiger partial charge in [-0.1, -0.05) is 63.2 Å². The van der Waals surface area contributed by atoms with E-state index < -0.39 is 0 Å². The largest absolute Gasteiger partial charge is 0.476 e. The average molecular weight is 456 g/mol. The number of carbonyl (C=O) groups is 1. The van der Waals surface area contributed by atoms with Gasteiger partial charge < -0.3 is 14.5 Å². The predicted molar refractivity (Wildman–Crippen MR) is 137 cm³/mol. The summed E-state index contributed by atoms with van der Waals surface area (Å²) in [5.41, 5.74) is 4.81. The first-order valence-corrected chi connectivity index (χ1v) is 11.3. The summed E-state index contributed by atoms with van der Waals surface area (Å²) in [5.74, 6) is -0.0206. The fourth-order valence-corrected chi connectivity index (χ4v) is 3.95. The van der Waals surface area contributed by atoms with Crippen LogP contribution in [0.25, 0.3) is 22.3 Å². The highest BCUT2D eigenvalue weighted by Crippen LogP contribution is 2.32. The number of para-hydroxylation sites is 1. The van der Waals surface area contributed by atoms with E-state index in [9.17, 15) is 9.59 Å². The molecule has 0 saturated carbocycles. The molecule has 4 rings (SSSR count). The molecule has 0 bridgehead atoms. The highest BCUT2D eigenvalue weighted by molar-refractivity contribution is 5.92. The number of rotatable bonds is 5. The van der Waals surface area contributed by atoms with E-state index in [4.69, 9.17) is 9.15 Å². The Kier molecular flexibility index (Phi) is 6.29. The maximum Gasteiger partial charge on any atom is 0.262 e. The van der Waals surface area contributed by atoms with Crippen molar-refractivity contribution in [1.82, 2.24) is 0 Å². The Balaban J connectivity index is 1.67. The number of anilines is 1. The lowest BCUT2D eigenvalue weighted by Gasteiger charge is -2.19. The van der Waals surface area contributed by atoms with Crippen molar-refractivity contribution in [2.75, 3.05) is 11.9 Å². The molecule has 0 atom stereocenters. The van der Waals surface area contributed by atoms with E-state index >= 15 is 0 Å². The molecule has 1 heterocycles. The number of fused-ring (bicyclic) bond motifs is 1. The summed E-state index contributed by atoms with van der Waals surface area (Å²) in [4.78, 5) is 25.9. The molecule has 0 aliphatic carbocycles. The lowest BCUT2D eigenvalue weighted by atomic mass is 9.86. The third-order valence-corrected chi connectivity index (χ3v) is 5.62. The first-order valence-electron chi connectivity index (χ1n) is 11.3. The minimum atomic E-state index is -0.355. The van der Waals surface area contributed by atoms with Gasteiger partial charge in [0.05, 0.1) is 5.39 Å². The van der Waals surface area contributed by atoms with E-state index in [1.807, 2.05) is 62.4 Å². The molecule has 1 aromatic heterocycles. The molecule has 0 fully saturated rings. The van der Waals surface area contributed by atoms with Crippen LogP contribution in [0.15, 0.2) is 75.9 Å². The Labute approximate surface area is 199 Å². The van der Waals surface area contributed by atoms with E-state index in [1.54, 1.807) is 18.2 Å². The normalized spacial score (nSPS) is 11.4. The van der Waals surface area contributed by atoms with Crippen molar-refractivity contribution in [3.05, 3.63) is 93.6 Å². The molecule has 1 N–H and O–H groups in total. The molecule has 0 radical (unpaired) electrons. The van der Waals surface area contributed by atoms with Crippen LogP contribution in [0.2, 0.25) is 0 Å². The molecular weight excluding hydrogens is 426 g/mol. The van der Waals surface area contributed by atoms with Crippen LogP contribution >= 0.6 is 0 Å². The Morgan fingerprint density at radius 3 is 2.24 bits per heavy atom. The SMILES string of the molecule is Cc1cc(C)cc(NC(=O)COc2c(-c3ccc(C(C)(C)C)cc3)oc3ccccc3c2=O)c1. The van der Waals surface area contributed by atoms with Gasteiger partial charge in [0.2, 0.25) is 11.2 Å². The van der Waals surface area contributed by atoms with Crippen molar-refractivity contribution in [3.8, 4) is 17.1 Å². The first-order chi connectivity index (χ1) is 16.1. The van der Waals surface area contributed by atoms with Crippen LogP contribution in [-0.4, -0.2) is 12.5 Å². The third-order valence-electron chi connectivity index (χ3n) is 5.62. The zero-order valence-corrected chi connectivity index (χ0v) is 20.2. The first kappa shape index (κ1) is 23.3. The lowest BCUT2D eigenvalue weighted by molar-refractivity contribution is -0.118. The number of benzene rings is 3. The number of amides is 1. The van der Waals surface area contributed by atoms with Crippen molar-refractivity contribution in [2.24, 2.45) is 0 Å². The van der Waals surface area contributed by atoms with Crippen LogP contribution in [0.1, 0.15) is 37.5 Å². The van der Waals surface area contributed by atoms with Crippen molar-refractivity contribution in [1.29, 1.82) is 0 Å². The lowest BCUT2D eigenvalue weighted by Crippen LogP contribution is -2.22. The average Bonchev–Trinajstić information content (AvgIpc) is 2.77. The maximum absolute atomic E-state index is 13.3. The summed E-state index contributed by atoms with van der Waals surface area (Å²) >= 11 is 0. The number of aryl methyl sites for hydroxylation is 2. The van der Waals surface area contributed by atoms with Gasteiger partial charge in [0.15, 0.2) is 12.4 Å². The van der Waals surface area contributed by atoms with E-state index in [2.05, 4.69) is 26.1 Å². The molecule has 0 unspecified atom stereocenters. The molecule has 174 valence electrons. The van der Waals surface area contributed by atoms with Crippen LogP contribution in [0.3, 0.4) is 0 Å². The second kappa shape index (κ2) is 9.18. The molecule has 0 aliphatic rings. The Morgan fingerprint density at radius 1 is 0.941 bits per heavy atom. The summed E-state index contributed by atoms with van der Waals surface area (Å²) in [7, 11) is 0. The summed E-state index contributed by atoms with van der Waals surface area (Å²) in [5, 5.41) is 3.24. The molecule has 0 aliphatic heterocycles. The summed E-state index contributed by atoms with van der Waals surface area (Å²) in [6.45, 7) is 10.0. The maximum atomic E-state index is 13.3. The van der Waals surface area contributed by atoms with Crippen LogP contribution in [-0.2, 0) is 10.2 Å². The van der Waals surface area contributed by atoms with Crippen LogP contribution in [0, 0.1) is 13.8 Å². The van der Waals surface area contributed by atoms with Gasteiger partial charge in [-0.15, -0.1) is 0 Å². The van der Waals surface area contributed by atoms with E-state index in [0.717, 1.165) is 16.7 Å². The van der Waals surface area contributed by atoms with Gasteiger partial charge in [0, 0.05) is 11.3 Å². The van der Waals surface area contributed by atoms with Crippen LogP contribution in [0.5, 0.6) is 5.75 Å². The molecule has 5 nitrogen and oxygen atoms in total. The quantitative estimate of drug-likeness (QED) is 0.378. The van der Waals surface area contributed by atoms with E-state index in [0.29, 0.717) is 28.0 Å². The van der Waals surface area contributed by atoms with Gasteiger partial charge in [-0.2, -0.15) is 0 Å². The van der Waals surface area contributed by atoms with Crippen LogP contribution < -0.4 is 15.5 Å². The number of ether oxygens (including phenoxy) is 1. The molecule has 4 aromatic rings. The van der Waals surface area contributed by atoms with Gasteiger partial charge in [-0.3, -0.25) is 9.59 Å². The Hall–Kier alpha value is -3.86. The number of hydrogen-bond acceptors (Lipinski definition) is 4. The second-order valence-electron chi connectivity index (χ2n) is 9.63. The monoisotopic (exact) mass is 455 g/mol. The molecule has 3 aromatic carbocycles. The van der Waals surface area contributed by atoms with Gasteiger partial charge in [0.1, 0.15) is 5.58 Å². The minimum Gasteiger partial charge on any atom is -0.476 e. The number of hydrogen-bond donors (Lipinski definition) is 1. The second-order valence-corrected chi connectivity index (χ2v) is 9.63. The fourth-order valence-electron chi connectivity index (χ4n) is 3.95. The zero-order chi connectivity index (χ0) is 24.5. The van der Waals surface area contributed by atoms with Crippen molar-refractivity contribution < 1.29 is 13.9 Å². The zero-order valence-electron chi connectivity index (χ0n) is 20.2. The highest BCUT2D eigenvalue weighted by Gasteiger charge is 2.20. The molecule has 0 spiro atoms. The van der Waals surface area contributed by atoms with Crippen molar-refractivity contribution in [2.45, 2.75) is 40.0 Å². The van der Waals surface area contributed by atoms with E-state index in [-0.39, 0.29) is 29.1 Å². The van der Waals surface area contributed by atoms with Gasteiger partial charge in [0.25, 0.3) is 5.91 Å². The van der Waals surface area contributed by atoms with Crippen molar-refractivity contribution >= 4 is 22.6 Å². The Bertz CT molecular complexity index is 1390. The fraction of sp³-hybridized carbons (Fsp3) is 0.241. The predicted octanol–water partition coefficient (Wildman–Crippen LogP) is 6.39. The van der Waals surface area contributed by atoms with Gasteiger partial charge in [-0.25, -0.2) is 0 Å². The Morgan fingerprint density at radius 2 is 1.59 bits per heavy atom. The standard InChI is InChI=1S/C29H29NO4/c1-18-14-19(2)16-22(15-18)30-25(31)17-33-28-26(32)23-8-6-7-9-24(23)34-27(28)20-10-12-21(13-11-20)29(3,4)5/h6-16H,17H2,1-5H3,(H,30,31). The summed E-state index contributed by atoms with van der Waals surface area (Å²) in [6, 6.07) is 20.7. The van der Waals surface area contributed by atoms with Crippen LogP contribution in [0.4, 0.5) is 5.69 Å². The smallest absolute Gasteiger partial charge is 0.262 e. The summed E-state index contributed by atoms with van der Waals surface area (Å²) < 4.78 is 11.9. The number of nitrogens with one attached hydrogen (secondary N) is 1. The topological polar surface area (TPSA) is 68.5 Å². The third kappa shape index (κ3) is 5.04. The molecule has 1 amide bonds. The van der Waals surface area contributed by atoms with Gasteiger partial charge in [-0.05, 0) is 60.2 Å². The minimum absolute atomic E-state index is 0.00564. The number of carbonyl (C=O) groups excluding carboxylic acids is 1. The molecule has 0 saturated heterocycles.